The fraction of sp³-hybridized carbons (Fsp3) is 0.778. The smallest absolute Gasteiger partial charge is 0.405 e. The maximum atomic E-state index is 10.7. The van der Waals surface area contributed by atoms with Crippen LogP contribution < -0.4 is 10.6 Å². The number of hydrogen-bond acceptors (Lipinski definition) is 4. The summed E-state index contributed by atoms with van der Waals surface area (Å²) in [7, 11) is 0. The molecule has 0 atom stereocenters. The second-order valence-electron chi connectivity index (χ2n) is 3.74. The van der Waals surface area contributed by atoms with Crippen LogP contribution in [0.25, 0.3) is 0 Å². The van der Waals surface area contributed by atoms with Gasteiger partial charge in [0.2, 0.25) is 0 Å². The van der Waals surface area contributed by atoms with Gasteiger partial charge in [0.1, 0.15) is 6.61 Å². The number of carbonyl (C=O) groups is 2. The Morgan fingerprint density at radius 3 is 2.53 bits per heavy atom. The van der Waals surface area contributed by atoms with Crippen LogP contribution in [0.4, 0.5) is 4.79 Å². The zero-order valence-corrected chi connectivity index (χ0v) is 8.71. The Morgan fingerprint density at radius 2 is 2.07 bits per heavy atom. The number of carbonyl (C=O) groups excluding carboxylic acids is 1. The Hall–Kier alpha value is -1.30. The number of hydrogen-bond donors (Lipinski definition) is 3. The molecule has 86 valence electrons. The Morgan fingerprint density at radius 1 is 1.47 bits per heavy atom. The van der Waals surface area contributed by atoms with Crippen LogP contribution in [-0.4, -0.2) is 42.4 Å². The second kappa shape index (κ2) is 4.97. The van der Waals surface area contributed by atoms with Gasteiger partial charge >= 0.3 is 12.1 Å². The molecule has 0 saturated carbocycles. The normalized spacial score (nSPS) is 19.3. The average molecular weight is 216 g/mol. The molecule has 0 aromatic carbocycles. The molecular formula is C9H16N2O4. The highest BCUT2D eigenvalue weighted by Gasteiger charge is 2.34. The van der Waals surface area contributed by atoms with Gasteiger partial charge in [-0.15, -0.1) is 0 Å². The fourth-order valence-electron chi connectivity index (χ4n) is 1.68. The van der Waals surface area contributed by atoms with E-state index < -0.39 is 11.6 Å². The number of amides is 1. The fourth-order valence-corrected chi connectivity index (χ4v) is 1.68. The van der Waals surface area contributed by atoms with Gasteiger partial charge in [-0.1, -0.05) is 0 Å². The van der Waals surface area contributed by atoms with Crippen LogP contribution in [0, 0.1) is 0 Å². The van der Waals surface area contributed by atoms with E-state index >= 15 is 0 Å². The van der Waals surface area contributed by atoms with Crippen LogP contribution in [0.1, 0.15) is 19.8 Å². The van der Waals surface area contributed by atoms with E-state index in [0.717, 1.165) is 13.1 Å². The maximum absolute atomic E-state index is 10.7. The van der Waals surface area contributed by atoms with Gasteiger partial charge in [-0.05, 0) is 25.9 Å². The molecule has 0 spiro atoms. The van der Waals surface area contributed by atoms with Crippen molar-refractivity contribution in [2.75, 3.05) is 19.7 Å². The maximum Gasteiger partial charge on any atom is 0.405 e. The summed E-state index contributed by atoms with van der Waals surface area (Å²) in [6, 6.07) is 0. The van der Waals surface area contributed by atoms with E-state index in [4.69, 9.17) is 9.84 Å². The molecule has 1 saturated heterocycles. The highest BCUT2D eigenvalue weighted by Crippen LogP contribution is 2.18. The van der Waals surface area contributed by atoms with Gasteiger partial charge < -0.3 is 20.5 Å². The molecule has 0 aromatic heterocycles. The first kappa shape index (κ1) is 11.8. The van der Waals surface area contributed by atoms with E-state index in [2.05, 4.69) is 10.6 Å². The zero-order valence-electron chi connectivity index (χ0n) is 8.71. The molecule has 0 radical (unpaired) electrons. The second-order valence-corrected chi connectivity index (χ2v) is 3.74. The third-order valence-corrected chi connectivity index (χ3v) is 2.48. The molecule has 0 aliphatic carbocycles. The molecular weight excluding hydrogens is 200 g/mol. The van der Waals surface area contributed by atoms with Gasteiger partial charge in [0.05, 0.1) is 5.54 Å². The molecule has 1 rings (SSSR count). The first-order chi connectivity index (χ1) is 7.04. The van der Waals surface area contributed by atoms with Crippen molar-refractivity contribution in [1.29, 1.82) is 0 Å². The van der Waals surface area contributed by atoms with E-state index in [1.165, 1.54) is 6.92 Å². The van der Waals surface area contributed by atoms with Crippen molar-refractivity contribution in [3.8, 4) is 0 Å². The van der Waals surface area contributed by atoms with E-state index in [1.807, 2.05) is 0 Å². The van der Waals surface area contributed by atoms with Gasteiger partial charge in [-0.2, -0.15) is 0 Å². The highest BCUT2D eigenvalue weighted by molar-refractivity contribution is 5.67. The molecule has 0 unspecified atom stereocenters. The molecule has 1 amide bonds. The van der Waals surface area contributed by atoms with Crippen molar-refractivity contribution >= 4 is 12.1 Å². The molecule has 1 heterocycles. The predicted octanol–water partition coefficient (Wildman–Crippen LogP) is -0.0607. The van der Waals surface area contributed by atoms with E-state index in [1.54, 1.807) is 0 Å². The number of piperidine rings is 1. The van der Waals surface area contributed by atoms with Gasteiger partial charge in [-0.3, -0.25) is 4.79 Å². The summed E-state index contributed by atoms with van der Waals surface area (Å²) in [6.07, 6.45) is 0.183. The van der Waals surface area contributed by atoms with Crippen molar-refractivity contribution in [3.63, 3.8) is 0 Å². The molecule has 1 aliphatic rings. The molecule has 15 heavy (non-hydrogen) atoms. The number of rotatable bonds is 3. The van der Waals surface area contributed by atoms with Gasteiger partial charge in [0.15, 0.2) is 0 Å². The van der Waals surface area contributed by atoms with Gasteiger partial charge in [-0.25, -0.2) is 4.79 Å². The summed E-state index contributed by atoms with van der Waals surface area (Å²) in [5, 5.41) is 14.3. The summed E-state index contributed by atoms with van der Waals surface area (Å²) in [5.41, 5.74) is -0.622. The summed E-state index contributed by atoms with van der Waals surface area (Å²) in [5.74, 6) is -0.389. The third-order valence-electron chi connectivity index (χ3n) is 2.48. The van der Waals surface area contributed by atoms with Gasteiger partial charge in [0, 0.05) is 6.92 Å². The number of nitrogens with one attached hydrogen (secondary N) is 2. The molecule has 0 aromatic rings. The quantitative estimate of drug-likeness (QED) is 0.575. The summed E-state index contributed by atoms with van der Waals surface area (Å²) < 4.78 is 4.89. The Balaban J connectivity index is 2.57. The number of carboxylic acid groups (broad SMARTS) is 1. The minimum atomic E-state index is -1.08. The molecule has 6 heteroatoms. The van der Waals surface area contributed by atoms with Crippen LogP contribution in [0.15, 0.2) is 0 Å². The molecule has 0 bridgehead atoms. The lowest BCUT2D eigenvalue weighted by Crippen LogP contribution is -2.57. The monoisotopic (exact) mass is 216 g/mol. The van der Waals surface area contributed by atoms with Crippen LogP contribution >= 0.6 is 0 Å². The van der Waals surface area contributed by atoms with Crippen molar-refractivity contribution in [1.82, 2.24) is 10.6 Å². The van der Waals surface area contributed by atoms with Crippen LogP contribution in [0.5, 0.6) is 0 Å². The number of ether oxygens (including phenoxy) is 1. The average Bonchev–Trinajstić information content (AvgIpc) is 2.15. The molecule has 1 aliphatic heterocycles. The first-order valence-electron chi connectivity index (χ1n) is 4.89. The Labute approximate surface area is 88.0 Å². The largest absolute Gasteiger partial charge is 0.465 e. The van der Waals surface area contributed by atoms with Crippen molar-refractivity contribution in [2.24, 2.45) is 0 Å². The summed E-state index contributed by atoms with van der Waals surface area (Å²) in [4.78, 5) is 21.3. The standard InChI is InChI=1S/C9H16N2O4/c1-7(12)15-6-9(11-8(13)14)2-4-10-5-3-9/h10-11H,2-6H2,1H3,(H,13,14). The van der Waals surface area contributed by atoms with Gasteiger partial charge in [0.25, 0.3) is 0 Å². The number of esters is 1. The third kappa shape index (κ3) is 3.75. The lowest BCUT2D eigenvalue weighted by atomic mass is 9.89. The summed E-state index contributed by atoms with van der Waals surface area (Å²) >= 11 is 0. The van der Waals surface area contributed by atoms with E-state index in [0.29, 0.717) is 12.8 Å². The minimum Gasteiger partial charge on any atom is -0.465 e. The van der Waals surface area contributed by atoms with Crippen molar-refractivity contribution in [2.45, 2.75) is 25.3 Å². The predicted molar refractivity (Wildman–Crippen MR) is 52.6 cm³/mol. The van der Waals surface area contributed by atoms with Crippen molar-refractivity contribution in [3.05, 3.63) is 0 Å². The Bertz CT molecular complexity index is 248. The first-order valence-corrected chi connectivity index (χ1v) is 4.89. The lowest BCUT2D eigenvalue weighted by Gasteiger charge is -2.36. The van der Waals surface area contributed by atoms with E-state index in [-0.39, 0.29) is 12.6 Å². The molecule has 3 N–H and O–H groups in total. The van der Waals surface area contributed by atoms with Crippen molar-refractivity contribution < 1.29 is 19.4 Å². The lowest BCUT2D eigenvalue weighted by molar-refractivity contribution is -0.143. The van der Waals surface area contributed by atoms with Crippen LogP contribution in [0.2, 0.25) is 0 Å². The highest BCUT2D eigenvalue weighted by atomic mass is 16.5. The SMILES string of the molecule is CC(=O)OCC1(NC(=O)O)CCNCC1. The van der Waals surface area contributed by atoms with Crippen LogP contribution in [-0.2, 0) is 9.53 Å². The van der Waals surface area contributed by atoms with E-state index in [9.17, 15) is 9.59 Å². The molecule has 1 fully saturated rings. The zero-order chi connectivity index (χ0) is 11.3. The summed E-state index contributed by atoms with van der Waals surface area (Å²) in [6.45, 7) is 2.87. The molecule has 6 nitrogen and oxygen atoms in total. The Kier molecular flexibility index (Phi) is 3.90. The minimum absolute atomic E-state index is 0.107. The topological polar surface area (TPSA) is 87.7 Å². The van der Waals surface area contributed by atoms with Crippen LogP contribution in [0.3, 0.4) is 0 Å².